The maximum Gasteiger partial charge on any atom is 0.250 e. The van der Waals surface area contributed by atoms with Gasteiger partial charge in [-0.15, -0.1) is 0 Å². The first-order chi connectivity index (χ1) is 16.2. The standard InChI is InChI=1S/C27H34N2O4/c30-26(29-32)17-6-2-5-13-23(27(31)28-19-18-21-10-3-1-4-11-21)20-33-25-16-9-14-22-12-7-8-15-24(22)25/h3,7-10,12-16,21,32H,1-2,4-6,11,17-20H2,(H,28,31)(H,29,30). The van der Waals surface area contributed by atoms with E-state index in [4.69, 9.17) is 9.94 Å². The van der Waals surface area contributed by atoms with Crippen LogP contribution in [0.15, 0.2) is 66.3 Å². The molecule has 0 spiro atoms. The quantitative estimate of drug-likeness (QED) is 0.138. The van der Waals surface area contributed by atoms with E-state index in [0.717, 1.165) is 35.8 Å². The predicted molar refractivity (Wildman–Crippen MR) is 130 cm³/mol. The maximum absolute atomic E-state index is 12.9. The number of hydrogen-bond acceptors (Lipinski definition) is 4. The normalized spacial score (nSPS) is 15.9. The molecule has 3 N–H and O–H groups in total. The van der Waals surface area contributed by atoms with E-state index in [1.165, 1.54) is 12.8 Å². The molecule has 2 amide bonds. The summed E-state index contributed by atoms with van der Waals surface area (Å²) < 4.78 is 6.07. The van der Waals surface area contributed by atoms with Crippen molar-refractivity contribution >= 4 is 22.6 Å². The van der Waals surface area contributed by atoms with Crippen LogP contribution in [0.1, 0.15) is 51.4 Å². The largest absolute Gasteiger partial charge is 0.488 e. The molecule has 0 aromatic heterocycles. The van der Waals surface area contributed by atoms with Crippen LogP contribution in [-0.2, 0) is 9.59 Å². The van der Waals surface area contributed by atoms with Crippen LogP contribution in [0.25, 0.3) is 10.8 Å². The summed E-state index contributed by atoms with van der Waals surface area (Å²) in [6.45, 7) is 0.816. The van der Waals surface area contributed by atoms with Crippen molar-refractivity contribution in [2.45, 2.75) is 51.4 Å². The second kappa shape index (κ2) is 13.4. The number of ether oxygens (including phenoxy) is 1. The van der Waals surface area contributed by atoms with Gasteiger partial charge in [0.2, 0.25) is 11.8 Å². The molecule has 6 nitrogen and oxygen atoms in total. The molecule has 3 rings (SSSR count). The molecular formula is C27H34N2O4. The Morgan fingerprint density at radius 2 is 1.97 bits per heavy atom. The summed E-state index contributed by atoms with van der Waals surface area (Å²) in [6, 6.07) is 13.9. The molecule has 0 saturated carbocycles. The minimum absolute atomic E-state index is 0.108. The lowest BCUT2D eigenvalue weighted by atomic mass is 9.93. The fourth-order valence-corrected chi connectivity index (χ4v) is 4.06. The fourth-order valence-electron chi connectivity index (χ4n) is 4.06. The Hall–Kier alpha value is -3.12. The number of fused-ring (bicyclic) bond motifs is 1. The van der Waals surface area contributed by atoms with E-state index in [0.29, 0.717) is 30.9 Å². The Balaban J connectivity index is 1.59. The third-order valence-electron chi connectivity index (χ3n) is 5.95. The molecule has 1 aliphatic rings. The second-order valence-corrected chi connectivity index (χ2v) is 8.44. The minimum Gasteiger partial charge on any atom is -0.488 e. The van der Waals surface area contributed by atoms with Gasteiger partial charge < -0.3 is 10.1 Å². The van der Waals surface area contributed by atoms with E-state index >= 15 is 0 Å². The van der Waals surface area contributed by atoms with Crippen LogP contribution in [-0.4, -0.2) is 30.2 Å². The number of nitrogens with one attached hydrogen (secondary N) is 2. The molecule has 0 saturated heterocycles. The van der Waals surface area contributed by atoms with Crippen LogP contribution in [0.3, 0.4) is 0 Å². The predicted octanol–water partition coefficient (Wildman–Crippen LogP) is 5.07. The first-order valence-electron chi connectivity index (χ1n) is 11.8. The van der Waals surface area contributed by atoms with Crippen LogP contribution in [0.4, 0.5) is 0 Å². The number of hydrogen-bond donors (Lipinski definition) is 3. The molecule has 33 heavy (non-hydrogen) atoms. The van der Waals surface area contributed by atoms with Crippen LogP contribution in [0.2, 0.25) is 0 Å². The lowest BCUT2D eigenvalue weighted by Crippen LogP contribution is -2.29. The van der Waals surface area contributed by atoms with Crippen molar-refractivity contribution < 1.29 is 19.5 Å². The first-order valence-corrected chi connectivity index (χ1v) is 11.8. The number of rotatable bonds is 12. The van der Waals surface area contributed by atoms with Crippen LogP contribution in [0.5, 0.6) is 5.75 Å². The van der Waals surface area contributed by atoms with Gasteiger partial charge in [0.15, 0.2) is 0 Å². The van der Waals surface area contributed by atoms with Crippen LogP contribution < -0.4 is 15.5 Å². The average Bonchev–Trinajstić information content (AvgIpc) is 2.86. The van der Waals surface area contributed by atoms with Crippen molar-refractivity contribution in [1.82, 2.24) is 10.8 Å². The molecule has 0 heterocycles. The van der Waals surface area contributed by atoms with E-state index in [9.17, 15) is 9.59 Å². The van der Waals surface area contributed by atoms with Crippen molar-refractivity contribution in [3.63, 3.8) is 0 Å². The second-order valence-electron chi connectivity index (χ2n) is 8.44. The molecule has 1 unspecified atom stereocenters. The number of hydroxylamine groups is 1. The Bertz CT molecular complexity index is 978. The SMILES string of the molecule is O=C(CCCCC=C(COc1cccc2ccccc12)C(=O)NCCC1C=CCCC1)NO. The number of unbranched alkanes of at least 4 members (excludes halogenated alkanes) is 2. The van der Waals surface area contributed by atoms with Crippen molar-refractivity contribution in [2.24, 2.45) is 5.92 Å². The highest BCUT2D eigenvalue weighted by Gasteiger charge is 2.13. The summed E-state index contributed by atoms with van der Waals surface area (Å²) in [5.74, 6) is 0.783. The van der Waals surface area contributed by atoms with Crippen molar-refractivity contribution in [3.8, 4) is 5.75 Å². The number of benzene rings is 2. The van der Waals surface area contributed by atoms with Gasteiger partial charge in [-0.05, 0) is 62.3 Å². The zero-order chi connectivity index (χ0) is 23.3. The average molecular weight is 451 g/mol. The fraction of sp³-hybridized carbons (Fsp3) is 0.407. The smallest absolute Gasteiger partial charge is 0.250 e. The van der Waals surface area contributed by atoms with Gasteiger partial charge in [-0.3, -0.25) is 14.8 Å². The van der Waals surface area contributed by atoms with Gasteiger partial charge in [0.05, 0.1) is 5.57 Å². The number of carbonyl (C=O) groups is 2. The molecule has 1 atom stereocenters. The van der Waals surface area contributed by atoms with Crippen LogP contribution >= 0.6 is 0 Å². The Morgan fingerprint density at radius 3 is 2.79 bits per heavy atom. The highest BCUT2D eigenvalue weighted by molar-refractivity contribution is 5.94. The molecule has 6 heteroatoms. The molecule has 1 aliphatic carbocycles. The summed E-state index contributed by atoms with van der Waals surface area (Å²) >= 11 is 0. The zero-order valence-corrected chi connectivity index (χ0v) is 19.1. The Labute approximate surface area is 195 Å². The summed E-state index contributed by atoms with van der Waals surface area (Å²) in [5.41, 5.74) is 2.23. The van der Waals surface area contributed by atoms with Gasteiger partial charge >= 0.3 is 0 Å². The monoisotopic (exact) mass is 450 g/mol. The number of amides is 2. The molecule has 0 radical (unpaired) electrons. The zero-order valence-electron chi connectivity index (χ0n) is 19.1. The summed E-state index contributed by atoms with van der Waals surface area (Å²) in [4.78, 5) is 24.1. The van der Waals surface area contributed by atoms with Crippen molar-refractivity contribution in [2.75, 3.05) is 13.2 Å². The topological polar surface area (TPSA) is 87.7 Å². The molecule has 0 bridgehead atoms. The lowest BCUT2D eigenvalue weighted by Gasteiger charge is -2.17. The molecular weight excluding hydrogens is 416 g/mol. The Morgan fingerprint density at radius 1 is 1.12 bits per heavy atom. The van der Waals surface area contributed by atoms with E-state index in [2.05, 4.69) is 17.5 Å². The number of allylic oxidation sites excluding steroid dienone is 3. The number of carbonyl (C=O) groups excluding carboxylic acids is 2. The molecule has 2 aromatic carbocycles. The van der Waals surface area contributed by atoms with Gasteiger partial charge in [-0.2, -0.15) is 0 Å². The third-order valence-corrected chi connectivity index (χ3v) is 5.95. The van der Waals surface area contributed by atoms with Gasteiger partial charge in [-0.1, -0.05) is 54.6 Å². The lowest BCUT2D eigenvalue weighted by molar-refractivity contribution is -0.129. The van der Waals surface area contributed by atoms with Crippen LogP contribution in [0, 0.1) is 5.92 Å². The van der Waals surface area contributed by atoms with Crippen molar-refractivity contribution in [1.29, 1.82) is 0 Å². The molecule has 0 fully saturated rings. The van der Waals surface area contributed by atoms with Gasteiger partial charge in [-0.25, -0.2) is 5.48 Å². The van der Waals surface area contributed by atoms with Gasteiger partial charge in [0.1, 0.15) is 12.4 Å². The van der Waals surface area contributed by atoms with E-state index in [1.807, 2.05) is 48.5 Å². The third kappa shape index (κ3) is 8.06. The molecule has 176 valence electrons. The molecule has 0 aliphatic heterocycles. The highest BCUT2D eigenvalue weighted by Crippen LogP contribution is 2.25. The minimum atomic E-state index is -0.395. The summed E-state index contributed by atoms with van der Waals surface area (Å²) in [5, 5.41) is 13.8. The van der Waals surface area contributed by atoms with E-state index in [-0.39, 0.29) is 18.9 Å². The van der Waals surface area contributed by atoms with Gasteiger partial charge in [0, 0.05) is 18.4 Å². The first kappa shape index (κ1) is 24.5. The van der Waals surface area contributed by atoms with Crippen molar-refractivity contribution in [3.05, 3.63) is 66.3 Å². The van der Waals surface area contributed by atoms with Gasteiger partial charge in [0.25, 0.3) is 0 Å². The van der Waals surface area contributed by atoms with E-state index < -0.39 is 5.91 Å². The van der Waals surface area contributed by atoms with E-state index in [1.54, 1.807) is 5.48 Å². The summed E-state index contributed by atoms with van der Waals surface area (Å²) in [7, 11) is 0. The molecule has 2 aromatic rings. The maximum atomic E-state index is 12.9. The highest BCUT2D eigenvalue weighted by atomic mass is 16.5. The Kier molecular flexibility index (Phi) is 9.98. The summed E-state index contributed by atoms with van der Waals surface area (Å²) in [6.07, 6.45) is 13.2.